The van der Waals surface area contributed by atoms with Crippen molar-refractivity contribution in [1.29, 1.82) is 0 Å². The van der Waals surface area contributed by atoms with Crippen molar-refractivity contribution in [2.75, 3.05) is 31.5 Å². The lowest BCUT2D eigenvalue weighted by Crippen LogP contribution is -2.46. The molecule has 4 rings (SSSR count). The Kier molecular flexibility index (Phi) is 7.45. The zero-order valence-corrected chi connectivity index (χ0v) is 20.4. The Morgan fingerprint density at radius 2 is 1.76 bits per heavy atom. The highest BCUT2D eigenvalue weighted by Crippen LogP contribution is 2.22. The van der Waals surface area contributed by atoms with Crippen molar-refractivity contribution in [3.05, 3.63) is 65.9 Å². The molecule has 1 aliphatic heterocycles. The molecule has 0 atom stereocenters. The number of benzene rings is 2. The molecule has 3 aromatic rings. The van der Waals surface area contributed by atoms with E-state index in [0.717, 1.165) is 53.8 Å². The van der Waals surface area contributed by atoms with Crippen molar-refractivity contribution in [1.82, 2.24) is 19.9 Å². The summed E-state index contributed by atoms with van der Waals surface area (Å²) in [4.78, 5) is 19.5. The lowest BCUT2D eigenvalue weighted by molar-refractivity contribution is 0.206. The molecule has 0 saturated carbocycles. The Bertz CT molecular complexity index is 1250. The van der Waals surface area contributed by atoms with Crippen molar-refractivity contribution in [3.63, 3.8) is 0 Å². The summed E-state index contributed by atoms with van der Waals surface area (Å²) in [7, 11) is -3.51. The maximum Gasteiger partial charge on any atom is 0.319 e. The van der Waals surface area contributed by atoms with Gasteiger partial charge in [0.25, 0.3) is 0 Å². The first-order valence-corrected chi connectivity index (χ1v) is 13.0. The molecule has 2 aromatic carbocycles. The molecular weight excluding hydrogens is 450 g/mol. The van der Waals surface area contributed by atoms with Crippen LogP contribution in [0, 0.1) is 13.8 Å². The van der Waals surface area contributed by atoms with E-state index in [1.807, 2.05) is 44.2 Å². The third-order valence-electron chi connectivity index (χ3n) is 6.05. The summed E-state index contributed by atoms with van der Waals surface area (Å²) in [6.07, 6.45) is 1.47. The first-order chi connectivity index (χ1) is 16.3. The standard InChI is InChI=1S/C25H31N5O3S/c1-18-7-9-21(10-8-18)34(32,33)29-20-11-14-30(15-12-20)16-13-26-25(31)28-24-17-19(2)27-23-6-4-3-5-22(23)24/h3-10,17,20,29H,11-16H2,1-2H3,(H2,26,27,28,31). The minimum absolute atomic E-state index is 0.0815. The summed E-state index contributed by atoms with van der Waals surface area (Å²) in [5.74, 6) is 0. The molecule has 0 spiro atoms. The fraction of sp³-hybridized carbons (Fsp3) is 0.360. The number of nitrogens with one attached hydrogen (secondary N) is 3. The number of aryl methyl sites for hydroxylation is 2. The molecule has 2 heterocycles. The molecule has 3 N–H and O–H groups in total. The maximum absolute atomic E-state index is 12.6. The minimum Gasteiger partial charge on any atom is -0.337 e. The van der Waals surface area contributed by atoms with Gasteiger partial charge in [0.05, 0.1) is 16.1 Å². The van der Waals surface area contributed by atoms with E-state index < -0.39 is 10.0 Å². The van der Waals surface area contributed by atoms with Gasteiger partial charge in [0.15, 0.2) is 0 Å². The van der Waals surface area contributed by atoms with Gasteiger partial charge in [-0.05, 0) is 64.0 Å². The second-order valence-electron chi connectivity index (χ2n) is 8.76. The Balaban J connectivity index is 1.21. The lowest BCUT2D eigenvalue weighted by atomic mass is 10.1. The highest BCUT2D eigenvalue weighted by Gasteiger charge is 2.24. The number of hydrogen-bond acceptors (Lipinski definition) is 5. The number of carbonyl (C=O) groups is 1. The van der Waals surface area contributed by atoms with Crippen molar-refractivity contribution in [2.45, 2.75) is 37.6 Å². The fourth-order valence-corrected chi connectivity index (χ4v) is 5.49. The highest BCUT2D eigenvalue weighted by atomic mass is 32.2. The van der Waals surface area contributed by atoms with Crippen LogP contribution >= 0.6 is 0 Å². The van der Waals surface area contributed by atoms with Gasteiger partial charge in [-0.15, -0.1) is 0 Å². The number of sulfonamides is 1. The molecule has 1 saturated heterocycles. The molecule has 0 aliphatic carbocycles. The molecule has 1 aromatic heterocycles. The van der Waals surface area contributed by atoms with Gasteiger partial charge in [-0.2, -0.15) is 0 Å². The average Bonchev–Trinajstić information content (AvgIpc) is 2.80. The lowest BCUT2D eigenvalue weighted by Gasteiger charge is -2.32. The van der Waals surface area contributed by atoms with Crippen LogP contribution < -0.4 is 15.4 Å². The Morgan fingerprint density at radius 1 is 1.06 bits per heavy atom. The van der Waals surface area contributed by atoms with E-state index in [4.69, 9.17) is 0 Å². The second-order valence-corrected chi connectivity index (χ2v) is 10.5. The first-order valence-electron chi connectivity index (χ1n) is 11.5. The third kappa shape index (κ3) is 6.11. The summed E-state index contributed by atoms with van der Waals surface area (Å²) >= 11 is 0. The van der Waals surface area contributed by atoms with Crippen LogP contribution in [0.15, 0.2) is 59.5 Å². The monoisotopic (exact) mass is 481 g/mol. The van der Waals surface area contributed by atoms with Crippen LogP contribution in [-0.4, -0.2) is 56.6 Å². The Labute approximate surface area is 200 Å². The van der Waals surface area contributed by atoms with Gasteiger partial charge in [0, 0.05) is 30.2 Å². The number of fused-ring (bicyclic) bond motifs is 1. The Hall–Kier alpha value is -3.01. The molecule has 8 nitrogen and oxygen atoms in total. The number of piperidine rings is 1. The molecule has 2 amide bonds. The van der Waals surface area contributed by atoms with Gasteiger partial charge >= 0.3 is 6.03 Å². The predicted octanol–water partition coefficient (Wildman–Crippen LogP) is 3.42. The predicted molar refractivity (Wildman–Crippen MR) is 134 cm³/mol. The smallest absolute Gasteiger partial charge is 0.319 e. The maximum atomic E-state index is 12.6. The third-order valence-corrected chi connectivity index (χ3v) is 7.58. The van der Waals surface area contributed by atoms with E-state index in [9.17, 15) is 13.2 Å². The van der Waals surface area contributed by atoms with Gasteiger partial charge in [-0.1, -0.05) is 35.9 Å². The number of aromatic nitrogens is 1. The van der Waals surface area contributed by atoms with E-state index in [-0.39, 0.29) is 12.1 Å². The number of hydrogen-bond donors (Lipinski definition) is 3. The number of nitrogens with zero attached hydrogens (tertiary/aromatic N) is 2. The molecule has 9 heteroatoms. The number of pyridine rings is 1. The first kappa shape index (κ1) is 24.1. The largest absolute Gasteiger partial charge is 0.337 e. The summed E-state index contributed by atoms with van der Waals surface area (Å²) < 4.78 is 28.1. The quantitative estimate of drug-likeness (QED) is 0.480. The van der Waals surface area contributed by atoms with E-state index in [1.54, 1.807) is 24.3 Å². The zero-order valence-electron chi connectivity index (χ0n) is 19.5. The van der Waals surface area contributed by atoms with Gasteiger partial charge < -0.3 is 15.5 Å². The van der Waals surface area contributed by atoms with E-state index in [2.05, 4.69) is 25.2 Å². The SMILES string of the molecule is Cc1ccc(S(=O)(=O)NC2CCN(CCNC(=O)Nc3cc(C)nc4ccccc34)CC2)cc1. The molecule has 0 bridgehead atoms. The van der Waals surface area contributed by atoms with Crippen molar-refractivity contribution in [2.24, 2.45) is 0 Å². The summed E-state index contributed by atoms with van der Waals surface area (Å²) in [5, 5.41) is 6.75. The van der Waals surface area contributed by atoms with E-state index >= 15 is 0 Å². The minimum atomic E-state index is -3.51. The number of urea groups is 1. The summed E-state index contributed by atoms with van der Waals surface area (Å²) in [5.41, 5.74) is 3.45. The van der Waals surface area contributed by atoms with Crippen LogP contribution in [0.5, 0.6) is 0 Å². The number of rotatable bonds is 7. The van der Waals surface area contributed by atoms with Crippen LogP contribution in [-0.2, 0) is 10.0 Å². The molecule has 180 valence electrons. The fourth-order valence-electron chi connectivity index (χ4n) is 4.18. The summed E-state index contributed by atoms with van der Waals surface area (Å²) in [6.45, 7) is 6.60. The van der Waals surface area contributed by atoms with Crippen LogP contribution in [0.1, 0.15) is 24.1 Å². The van der Waals surface area contributed by atoms with Crippen LogP contribution in [0.3, 0.4) is 0 Å². The topological polar surface area (TPSA) is 103 Å². The van der Waals surface area contributed by atoms with Crippen LogP contribution in [0.25, 0.3) is 10.9 Å². The average molecular weight is 482 g/mol. The molecule has 0 radical (unpaired) electrons. The Morgan fingerprint density at radius 3 is 2.50 bits per heavy atom. The summed E-state index contributed by atoms with van der Waals surface area (Å²) in [6, 6.07) is 16.1. The highest BCUT2D eigenvalue weighted by molar-refractivity contribution is 7.89. The van der Waals surface area contributed by atoms with Gasteiger partial charge in [0.1, 0.15) is 0 Å². The van der Waals surface area contributed by atoms with Gasteiger partial charge in [-0.3, -0.25) is 4.98 Å². The molecule has 0 unspecified atom stereocenters. The molecular formula is C25H31N5O3S. The zero-order chi connectivity index (χ0) is 24.1. The van der Waals surface area contributed by atoms with E-state index in [0.29, 0.717) is 18.0 Å². The van der Waals surface area contributed by atoms with Crippen molar-refractivity contribution >= 4 is 32.6 Å². The molecule has 1 aliphatic rings. The van der Waals surface area contributed by atoms with Crippen molar-refractivity contribution in [3.8, 4) is 0 Å². The second kappa shape index (κ2) is 10.5. The van der Waals surface area contributed by atoms with Gasteiger partial charge in [0.2, 0.25) is 10.0 Å². The van der Waals surface area contributed by atoms with Crippen molar-refractivity contribution < 1.29 is 13.2 Å². The van der Waals surface area contributed by atoms with Crippen LogP contribution in [0.2, 0.25) is 0 Å². The molecule has 1 fully saturated rings. The van der Waals surface area contributed by atoms with Crippen LogP contribution in [0.4, 0.5) is 10.5 Å². The number of amides is 2. The van der Waals surface area contributed by atoms with Gasteiger partial charge in [-0.25, -0.2) is 17.9 Å². The number of anilines is 1. The number of para-hydroxylation sites is 1. The van der Waals surface area contributed by atoms with E-state index in [1.165, 1.54) is 0 Å². The molecule has 34 heavy (non-hydrogen) atoms. The number of likely N-dealkylation sites (tertiary alicyclic amines) is 1. The normalized spacial score (nSPS) is 15.4. The number of carbonyl (C=O) groups excluding carboxylic acids is 1.